The molecule has 0 saturated heterocycles. The molecule has 0 amide bonds. The summed E-state index contributed by atoms with van der Waals surface area (Å²) in [6.45, 7) is 0. The predicted octanol–water partition coefficient (Wildman–Crippen LogP) is 4.50. The van der Waals surface area contributed by atoms with E-state index in [0.717, 1.165) is 32.8 Å². The third-order valence-corrected chi connectivity index (χ3v) is 4.56. The maximum Gasteiger partial charge on any atom is 0.341 e. The molecule has 4 aromatic rings. The van der Waals surface area contributed by atoms with E-state index in [4.69, 9.17) is 9.97 Å². The second kappa shape index (κ2) is 5.20. The van der Waals surface area contributed by atoms with E-state index in [1.807, 2.05) is 48.5 Å². The van der Waals surface area contributed by atoms with Crippen molar-refractivity contribution in [2.75, 3.05) is 0 Å². The average Bonchev–Trinajstić information content (AvgIpc) is 2.68. The molecule has 0 bridgehead atoms. The summed E-state index contributed by atoms with van der Waals surface area (Å²) < 4.78 is 0. The molecule has 0 saturated carbocycles. The number of rotatable bonds is 1. The lowest BCUT2D eigenvalue weighted by molar-refractivity contribution is -0.00232. The molecular formula is C21H12N4. The van der Waals surface area contributed by atoms with Crippen molar-refractivity contribution in [1.29, 1.82) is 0 Å². The van der Waals surface area contributed by atoms with E-state index in [9.17, 15) is 5.53 Å². The van der Waals surface area contributed by atoms with Crippen LogP contribution in [0.25, 0.3) is 44.7 Å². The van der Waals surface area contributed by atoms with E-state index in [0.29, 0.717) is 17.2 Å². The Morgan fingerprint density at radius 1 is 0.800 bits per heavy atom. The van der Waals surface area contributed by atoms with E-state index in [1.54, 1.807) is 6.08 Å². The maximum atomic E-state index is 9.38. The van der Waals surface area contributed by atoms with Gasteiger partial charge in [-0.3, -0.25) is 0 Å². The van der Waals surface area contributed by atoms with Crippen LogP contribution in [0.15, 0.2) is 66.7 Å². The Balaban J connectivity index is 1.89. The predicted molar refractivity (Wildman–Crippen MR) is 99.2 cm³/mol. The molecule has 0 aliphatic heterocycles. The van der Waals surface area contributed by atoms with Gasteiger partial charge in [0.2, 0.25) is 0 Å². The molecule has 0 spiro atoms. The van der Waals surface area contributed by atoms with Gasteiger partial charge in [0.15, 0.2) is 11.5 Å². The topological polar surface area (TPSA) is 62.2 Å². The Kier molecular flexibility index (Phi) is 2.87. The van der Waals surface area contributed by atoms with E-state index >= 15 is 0 Å². The van der Waals surface area contributed by atoms with Gasteiger partial charge in [-0.05, 0) is 28.5 Å². The second-order valence-corrected chi connectivity index (χ2v) is 5.98. The Morgan fingerprint density at radius 2 is 1.64 bits per heavy atom. The molecule has 4 heteroatoms. The first-order chi connectivity index (χ1) is 12.3. The molecule has 0 unspecified atom stereocenters. The number of nitrogens with zero attached hydrogens (tertiary/aromatic N) is 4. The summed E-state index contributed by atoms with van der Waals surface area (Å²) in [6, 6.07) is 20.2. The van der Waals surface area contributed by atoms with Gasteiger partial charge in [0.25, 0.3) is 0 Å². The molecule has 0 radical (unpaired) electrons. The summed E-state index contributed by atoms with van der Waals surface area (Å²) in [5.74, 6) is 0.632. The minimum Gasteiger partial charge on any atom is -0.361 e. The van der Waals surface area contributed by atoms with Crippen LogP contribution in [0.4, 0.5) is 0 Å². The molecule has 1 aliphatic rings. The van der Waals surface area contributed by atoms with Crippen molar-refractivity contribution in [2.45, 2.75) is 0 Å². The zero-order valence-electron chi connectivity index (χ0n) is 13.2. The Morgan fingerprint density at radius 3 is 2.56 bits per heavy atom. The first-order valence-corrected chi connectivity index (χ1v) is 8.04. The van der Waals surface area contributed by atoms with E-state index in [1.165, 1.54) is 0 Å². The maximum absolute atomic E-state index is 9.38. The van der Waals surface area contributed by atoms with Crippen molar-refractivity contribution < 1.29 is 4.79 Å². The van der Waals surface area contributed by atoms with Crippen molar-refractivity contribution in [3.63, 3.8) is 0 Å². The second-order valence-electron chi connectivity index (χ2n) is 5.98. The van der Waals surface area contributed by atoms with Gasteiger partial charge >= 0.3 is 5.71 Å². The van der Waals surface area contributed by atoms with Crippen molar-refractivity contribution in [3.8, 4) is 11.4 Å². The highest BCUT2D eigenvalue weighted by atomic mass is 14.9. The highest BCUT2D eigenvalue weighted by Gasteiger charge is 2.23. The number of benzene rings is 3. The lowest BCUT2D eigenvalue weighted by Crippen LogP contribution is -2.09. The van der Waals surface area contributed by atoms with Crippen LogP contribution in [-0.4, -0.2) is 20.5 Å². The van der Waals surface area contributed by atoms with Crippen LogP contribution < -0.4 is 0 Å². The van der Waals surface area contributed by atoms with Crippen LogP contribution in [0.3, 0.4) is 0 Å². The van der Waals surface area contributed by atoms with Gasteiger partial charge in [0, 0.05) is 17.0 Å². The minimum atomic E-state index is 0.451. The van der Waals surface area contributed by atoms with E-state index in [2.05, 4.69) is 23.0 Å². The van der Waals surface area contributed by atoms with Gasteiger partial charge in [-0.1, -0.05) is 54.6 Å². The number of fused-ring (bicyclic) bond motifs is 1. The molecule has 0 N–H and O–H groups in total. The fraction of sp³-hybridized carbons (Fsp3) is 0. The molecule has 25 heavy (non-hydrogen) atoms. The molecule has 0 fully saturated rings. The molecule has 4 nitrogen and oxygen atoms in total. The first-order valence-electron chi connectivity index (χ1n) is 8.04. The molecular weight excluding hydrogens is 308 g/mol. The summed E-state index contributed by atoms with van der Waals surface area (Å²) in [7, 11) is 0. The number of aromatic nitrogens is 2. The van der Waals surface area contributed by atoms with E-state index in [-0.39, 0.29) is 0 Å². The SMILES string of the molecule is [N-]=[N+]=C1C=Cc2cccc3nc(-c4cccc5ccccc45)nc1c23. The fourth-order valence-electron chi connectivity index (χ4n) is 3.40. The van der Waals surface area contributed by atoms with Crippen LogP contribution in [0.1, 0.15) is 11.3 Å². The van der Waals surface area contributed by atoms with Gasteiger partial charge in [-0.15, -0.1) is 0 Å². The van der Waals surface area contributed by atoms with Crippen molar-refractivity contribution in [1.82, 2.24) is 9.97 Å². The van der Waals surface area contributed by atoms with Crippen LogP contribution in [0, 0.1) is 0 Å². The molecule has 5 rings (SSSR count). The lowest BCUT2D eigenvalue weighted by Gasteiger charge is -2.12. The van der Waals surface area contributed by atoms with Crippen LogP contribution in [0.5, 0.6) is 0 Å². The van der Waals surface area contributed by atoms with E-state index < -0.39 is 0 Å². The third kappa shape index (κ3) is 2.02. The molecule has 116 valence electrons. The zero-order chi connectivity index (χ0) is 16.8. The molecule has 1 aliphatic carbocycles. The standard InChI is InChI=1S/C21H12N4/c22-25-18-12-11-14-7-4-10-17-19(14)20(18)24-21(23-17)16-9-3-6-13-5-1-2-8-15(13)16/h1-12H. The molecule has 1 heterocycles. The summed E-state index contributed by atoms with van der Waals surface area (Å²) in [5.41, 5.74) is 13.3. The Labute approximate surface area is 143 Å². The summed E-state index contributed by atoms with van der Waals surface area (Å²) in [6.07, 6.45) is 3.70. The van der Waals surface area contributed by atoms with Crippen molar-refractivity contribution in [3.05, 3.63) is 83.5 Å². The van der Waals surface area contributed by atoms with Crippen molar-refractivity contribution in [2.24, 2.45) is 0 Å². The molecule has 1 aromatic heterocycles. The normalized spacial score (nSPS) is 12.6. The number of hydrogen-bond donors (Lipinski definition) is 0. The number of hydrogen-bond acceptors (Lipinski definition) is 2. The van der Waals surface area contributed by atoms with Gasteiger partial charge < -0.3 is 5.53 Å². The van der Waals surface area contributed by atoms with Crippen molar-refractivity contribution >= 4 is 33.5 Å². The zero-order valence-corrected chi connectivity index (χ0v) is 13.2. The van der Waals surface area contributed by atoms with Gasteiger partial charge in [0.1, 0.15) is 0 Å². The van der Waals surface area contributed by atoms with Crippen LogP contribution in [-0.2, 0) is 0 Å². The monoisotopic (exact) mass is 320 g/mol. The van der Waals surface area contributed by atoms with Crippen LogP contribution in [0.2, 0.25) is 0 Å². The fourth-order valence-corrected chi connectivity index (χ4v) is 3.40. The lowest BCUT2D eigenvalue weighted by atomic mass is 9.97. The Hall–Kier alpha value is -3.62. The largest absolute Gasteiger partial charge is 0.361 e. The minimum absolute atomic E-state index is 0.451. The number of allylic oxidation sites excluding steroid dienone is 1. The summed E-state index contributed by atoms with van der Waals surface area (Å²) in [4.78, 5) is 12.9. The van der Waals surface area contributed by atoms with Gasteiger partial charge in [-0.2, -0.15) is 4.79 Å². The smallest absolute Gasteiger partial charge is 0.341 e. The highest BCUT2D eigenvalue weighted by molar-refractivity contribution is 6.18. The summed E-state index contributed by atoms with van der Waals surface area (Å²) >= 11 is 0. The third-order valence-electron chi connectivity index (χ3n) is 4.56. The quantitative estimate of drug-likeness (QED) is 0.383. The average molecular weight is 320 g/mol. The molecule has 0 atom stereocenters. The van der Waals surface area contributed by atoms with Gasteiger partial charge in [-0.25, -0.2) is 9.97 Å². The highest BCUT2D eigenvalue weighted by Crippen LogP contribution is 2.31. The first kappa shape index (κ1) is 13.8. The van der Waals surface area contributed by atoms with Crippen LogP contribution >= 0.6 is 0 Å². The molecule has 3 aromatic carbocycles. The van der Waals surface area contributed by atoms with Gasteiger partial charge in [0.05, 0.1) is 5.52 Å². The Bertz CT molecular complexity index is 1240. The summed E-state index contributed by atoms with van der Waals surface area (Å²) in [5, 5.41) is 3.16.